The first-order chi connectivity index (χ1) is 21.1. The number of hydrogen-bond acceptors (Lipinski definition) is 5. The van der Waals surface area contributed by atoms with Gasteiger partial charge in [0, 0.05) is 44.0 Å². The van der Waals surface area contributed by atoms with Crippen molar-refractivity contribution < 1.29 is 23.6 Å². The van der Waals surface area contributed by atoms with Crippen LogP contribution in [-0.2, 0) is 20.9 Å². The molecule has 3 amide bonds. The van der Waals surface area contributed by atoms with Crippen molar-refractivity contribution in [3.8, 4) is 0 Å². The van der Waals surface area contributed by atoms with Crippen LogP contribution in [0.3, 0.4) is 0 Å². The van der Waals surface area contributed by atoms with Gasteiger partial charge >= 0.3 is 0 Å². The summed E-state index contributed by atoms with van der Waals surface area (Å²) >= 11 is 0. The molecule has 4 rings (SSSR count). The second-order valence-corrected chi connectivity index (χ2v) is 12.7. The maximum atomic E-state index is 15.5. The second kappa shape index (κ2) is 15.4. The molecule has 2 aromatic rings. The number of amides is 3. The lowest BCUT2D eigenvalue weighted by atomic mass is 9.74. The van der Waals surface area contributed by atoms with Crippen LogP contribution in [0.5, 0.6) is 0 Å². The van der Waals surface area contributed by atoms with Crippen LogP contribution in [-0.4, -0.2) is 45.9 Å². The Labute approximate surface area is 260 Å². The third kappa shape index (κ3) is 8.33. The van der Waals surface area contributed by atoms with Crippen LogP contribution in [0.1, 0.15) is 107 Å². The van der Waals surface area contributed by atoms with Crippen LogP contribution in [0.25, 0.3) is 0 Å². The standard InChI is InChI=1S/C34H48FN5O4/c1-5-31(42)39-32(34(44)36-20-23-8-7-9-23)22(4)25-14-15-28(27(35)18-25)38-33(43)26(24-12-10-21(3)11-13-24)19-30(41)29-16-17-37-40(29)6-2/h14-18,21-24,26,32H,5-13,19-20H2,1-4H3,(H,36,44)(H,38,43)(H,39,42)/t21?,22-,24?,26-,32+/m0/s1. The highest BCUT2D eigenvalue weighted by Gasteiger charge is 2.34. The van der Waals surface area contributed by atoms with E-state index in [0.29, 0.717) is 36.2 Å². The quantitative estimate of drug-likeness (QED) is 0.240. The summed E-state index contributed by atoms with van der Waals surface area (Å²) in [7, 11) is 0. The van der Waals surface area contributed by atoms with E-state index in [1.165, 1.54) is 12.1 Å². The average Bonchev–Trinajstić information content (AvgIpc) is 3.48. The van der Waals surface area contributed by atoms with Crippen LogP contribution in [0.15, 0.2) is 30.5 Å². The number of carbonyl (C=O) groups excluding carboxylic acids is 4. The van der Waals surface area contributed by atoms with Crippen molar-refractivity contribution in [3.63, 3.8) is 0 Å². The van der Waals surface area contributed by atoms with Crippen LogP contribution >= 0.6 is 0 Å². The van der Waals surface area contributed by atoms with Gasteiger partial charge in [-0.3, -0.25) is 23.9 Å². The normalized spacial score (nSPS) is 20.6. The van der Waals surface area contributed by atoms with Crippen molar-refractivity contribution >= 4 is 29.2 Å². The Bertz CT molecular complexity index is 1310. The van der Waals surface area contributed by atoms with Crippen molar-refractivity contribution in [2.24, 2.45) is 23.7 Å². The van der Waals surface area contributed by atoms with Crippen LogP contribution in [0.4, 0.5) is 10.1 Å². The third-order valence-electron chi connectivity index (χ3n) is 9.66. The molecule has 0 radical (unpaired) electrons. The number of anilines is 1. The number of carbonyl (C=O) groups is 4. The molecule has 2 fully saturated rings. The highest BCUT2D eigenvalue weighted by Crippen LogP contribution is 2.36. The minimum absolute atomic E-state index is 0.0229. The summed E-state index contributed by atoms with van der Waals surface area (Å²) in [5, 5.41) is 12.7. The molecule has 0 spiro atoms. The van der Waals surface area contributed by atoms with Gasteiger partial charge in [-0.25, -0.2) is 4.39 Å². The molecule has 1 aromatic carbocycles. The summed E-state index contributed by atoms with van der Waals surface area (Å²) in [6.07, 6.45) is 8.82. The van der Waals surface area contributed by atoms with Gasteiger partial charge in [0.2, 0.25) is 17.7 Å². The third-order valence-corrected chi connectivity index (χ3v) is 9.66. The van der Waals surface area contributed by atoms with E-state index in [0.717, 1.165) is 44.9 Å². The number of hydrogen-bond donors (Lipinski definition) is 3. The lowest BCUT2D eigenvalue weighted by Crippen LogP contribution is -2.50. The van der Waals surface area contributed by atoms with Gasteiger partial charge in [0.15, 0.2) is 5.78 Å². The summed E-state index contributed by atoms with van der Waals surface area (Å²) in [6.45, 7) is 8.72. The summed E-state index contributed by atoms with van der Waals surface area (Å²) in [5.41, 5.74) is 1.02. The number of ketones is 1. The number of nitrogens with zero attached hydrogens (tertiary/aromatic N) is 2. The van der Waals surface area contributed by atoms with Gasteiger partial charge in [-0.2, -0.15) is 5.10 Å². The van der Waals surface area contributed by atoms with Gasteiger partial charge in [0.05, 0.1) is 5.69 Å². The first-order valence-electron chi connectivity index (χ1n) is 16.3. The van der Waals surface area contributed by atoms with Crippen LogP contribution in [0.2, 0.25) is 0 Å². The van der Waals surface area contributed by atoms with E-state index in [1.54, 1.807) is 36.9 Å². The van der Waals surface area contributed by atoms with Gasteiger partial charge in [-0.15, -0.1) is 0 Å². The van der Waals surface area contributed by atoms with Crippen LogP contribution in [0, 0.1) is 29.5 Å². The molecule has 44 heavy (non-hydrogen) atoms. The Kier molecular flexibility index (Phi) is 11.7. The van der Waals surface area contributed by atoms with Gasteiger partial charge in [0.1, 0.15) is 17.6 Å². The fraction of sp³-hybridized carbons (Fsp3) is 0.618. The number of Topliss-reactive ketones (excluding diaryl/α,β-unsaturated/α-hetero) is 1. The van der Waals surface area contributed by atoms with Gasteiger partial charge in [0.25, 0.3) is 0 Å². The summed E-state index contributed by atoms with van der Waals surface area (Å²) < 4.78 is 17.2. The molecule has 240 valence electrons. The van der Waals surface area contributed by atoms with Gasteiger partial charge in [-0.05, 0) is 74.1 Å². The first-order valence-corrected chi connectivity index (χ1v) is 16.3. The zero-order valence-corrected chi connectivity index (χ0v) is 26.5. The highest BCUT2D eigenvalue weighted by atomic mass is 19.1. The van der Waals surface area contributed by atoms with Crippen molar-refractivity contribution in [2.45, 2.75) is 104 Å². The Morgan fingerprint density at radius 1 is 1.02 bits per heavy atom. The topological polar surface area (TPSA) is 122 Å². The van der Waals surface area contributed by atoms with Gasteiger partial charge in [-0.1, -0.05) is 46.1 Å². The Morgan fingerprint density at radius 2 is 1.75 bits per heavy atom. The molecule has 0 bridgehead atoms. The molecule has 3 atom stereocenters. The molecule has 1 aromatic heterocycles. The molecular weight excluding hydrogens is 561 g/mol. The molecule has 1 heterocycles. The lowest BCUT2D eigenvalue weighted by Gasteiger charge is -2.32. The number of benzene rings is 1. The zero-order valence-electron chi connectivity index (χ0n) is 26.5. The lowest BCUT2D eigenvalue weighted by molar-refractivity contribution is -0.129. The summed E-state index contributed by atoms with van der Waals surface area (Å²) in [6, 6.07) is 5.30. The van der Waals surface area contributed by atoms with Crippen LogP contribution < -0.4 is 16.0 Å². The molecule has 2 aliphatic rings. The Morgan fingerprint density at radius 3 is 2.36 bits per heavy atom. The number of halogens is 1. The van der Waals surface area contributed by atoms with Crippen molar-refractivity contribution in [1.82, 2.24) is 20.4 Å². The van der Waals surface area contributed by atoms with E-state index >= 15 is 4.39 Å². The number of nitrogens with one attached hydrogen (secondary N) is 3. The fourth-order valence-electron chi connectivity index (χ4n) is 6.37. The number of rotatable bonds is 14. The van der Waals surface area contributed by atoms with Crippen molar-refractivity contribution in [2.75, 3.05) is 11.9 Å². The molecule has 0 aliphatic heterocycles. The molecule has 9 nitrogen and oxygen atoms in total. The number of aromatic nitrogens is 2. The molecule has 10 heteroatoms. The summed E-state index contributed by atoms with van der Waals surface area (Å²) in [4.78, 5) is 52.3. The maximum absolute atomic E-state index is 15.5. The van der Waals surface area contributed by atoms with Crippen molar-refractivity contribution in [3.05, 3.63) is 47.5 Å². The molecule has 0 saturated heterocycles. The highest BCUT2D eigenvalue weighted by molar-refractivity contribution is 6.00. The fourth-order valence-corrected chi connectivity index (χ4v) is 6.37. The van der Waals surface area contributed by atoms with E-state index in [2.05, 4.69) is 28.0 Å². The molecule has 3 N–H and O–H groups in total. The molecule has 2 aliphatic carbocycles. The zero-order chi connectivity index (χ0) is 31.8. The van der Waals surface area contributed by atoms with E-state index in [-0.39, 0.29) is 48.0 Å². The largest absolute Gasteiger partial charge is 0.354 e. The first kappa shape index (κ1) is 33.3. The smallest absolute Gasteiger partial charge is 0.243 e. The van der Waals surface area contributed by atoms with Crippen molar-refractivity contribution in [1.29, 1.82) is 0 Å². The summed E-state index contributed by atoms with van der Waals surface area (Å²) in [5.74, 6) is -1.75. The number of aryl methyl sites for hydroxylation is 1. The average molecular weight is 610 g/mol. The molecule has 0 unspecified atom stereocenters. The van der Waals surface area contributed by atoms with E-state index in [9.17, 15) is 19.2 Å². The maximum Gasteiger partial charge on any atom is 0.243 e. The minimum atomic E-state index is -0.858. The van der Waals surface area contributed by atoms with Gasteiger partial charge < -0.3 is 16.0 Å². The Hall–Kier alpha value is -3.56. The predicted molar refractivity (Wildman–Crippen MR) is 167 cm³/mol. The van der Waals surface area contributed by atoms with E-state index < -0.39 is 23.7 Å². The monoisotopic (exact) mass is 609 g/mol. The Balaban J connectivity index is 1.49. The minimum Gasteiger partial charge on any atom is -0.354 e. The second-order valence-electron chi connectivity index (χ2n) is 12.7. The molecule has 2 saturated carbocycles. The predicted octanol–water partition coefficient (Wildman–Crippen LogP) is 5.61. The van der Waals surface area contributed by atoms with E-state index in [1.807, 2.05) is 6.92 Å². The SMILES string of the molecule is CCC(=O)N[C@@H](C(=O)NCC1CCC1)[C@@H](C)c1ccc(NC(=O)[C@@H](CC(=O)c2ccnn2CC)C2CCC(C)CC2)c(F)c1. The van der Waals surface area contributed by atoms with E-state index in [4.69, 9.17) is 0 Å². The molecular formula is C34H48FN5O4.